The van der Waals surface area contributed by atoms with Crippen LogP contribution in [0, 0.1) is 0 Å². The van der Waals surface area contributed by atoms with Gasteiger partial charge in [0, 0.05) is 11.1 Å². The summed E-state index contributed by atoms with van der Waals surface area (Å²) in [4.78, 5) is 20.3. The van der Waals surface area contributed by atoms with Gasteiger partial charge in [-0.2, -0.15) is 8.42 Å². The number of benzene rings is 1. The summed E-state index contributed by atoms with van der Waals surface area (Å²) in [5, 5.41) is 21.0. The van der Waals surface area contributed by atoms with E-state index in [-0.39, 0.29) is 10.1 Å². The van der Waals surface area contributed by atoms with Crippen LogP contribution in [0.2, 0.25) is 0 Å². The van der Waals surface area contributed by atoms with Gasteiger partial charge < -0.3 is 19.8 Å². The van der Waals surface area contributed by atoms with Crippen LogP contribution in [0.1, 0.15) is 20.7 Å². The number of carbonyl (C=O) groups is 2. The van der Waals surface area contributed by atoms with Crippen LogP contribution in [-0.4, -0.2) is 35.0 Å². The van der Waals surface area contributed by atoms with E-state index in [1.165, 1.54) is 0 Å². The number of hydrogen-bond donors (Lipinski definition) is 1. The van der Waals surface area contributed by atoms with E-state index in [2.05, 4.69) is 0 Å². The van der Waals surface area contributed by atoms with Crippen molar-refractivity contribution >= 4 is 32.2 Å². The summed E-state index contributed by atoms with van der Waals surface area (Å²) < 4.78 is 30.0. The maximum atomic E-state index is 10.7. The molecule has 1 aromatic carbocycles. The third-order valence-corrected chi connectivity index (χ3v) is 2.58. The van der Waals surface area contributed by atoms with Gasteiger partial charge in [0.2, 0.25) is 0 Å². The number of hydrogen-bond acceptors (Lipinski definition) is 6. The van der Waals surface area contributed by atoms with Crippen LogP contribution < -0.4 is 10.2 Å². The van der Waals surface area contributed by atoms with Gasteiger partial charge in [-0.25, -0.2) is 0 Å². The van der Waals surface area contributed by atoms with Crippen molar-refractivity contribution in [3.63, 3.8) is 0 Å². The Kier molecular flexibility index (Phi) is 4.52. The fraction of sp³-hybridized carbons (Fsp3) is 0. The molecule has 1 aromatic rings. The van der Waals surface area contributed by atoms with Crippen molar-refractivity contribution < 1.29 is 32.8 Å². The molecule has 0 aliphatic carbocycles. The van der Waals surface area contributed by atoms with Crippen molar-refractivity contribution in [3.8, 4) is 0 Å². The van der Waals surface area contributed by atoms with Gasteiger partial charge >= 0.3 is 10.1 Å². The molecule has 17 heavy (non-hydrogen) atoms. The molecule has 7 nitrogen and oxygen atoms in total. The number of aromatic carboxylic acids is 2. The Morgan fingerprint density at radius 3 is 1.88 bits per heavy atom. The minimum Gasteiger partial charge on any atom is -0.545 e. The Morgan fingerprint density at radius 1 is 1.06 bits per heavy atom. The molecule has 1 rings (SSSR count). The van der Waals surface area contributed by atoms with Crippen molar-refractivity contribution in [2.24, 2.45) is 0 Å². The topological polar surface area (TPSA) is 135 Å². The quantitative estimate of drug-likeness (QED) is 0.456. The van der Waals surface area contributed by atoms with E-state index in [1.54, 1.807) is 0 Å². The summed E-state index contributed by atoms with van der Waals surface area (Å²) in [7, 11) is -4.61. The van der Waals surface area contributed by atoms with E-state index >= 15 is 0 Å². The molecule has 0 saturated carbocycles. The second-order valence-electron chi connectivity index (χ2n) is 2.76. The van der Waals surface area contributed by atoms with E-state index in [0.29, 0.717) is 12.1 Å². The fourth-order valence-electron chi connectivity index (χ4n) is 1.03. The Bertz CT molecular complexity index is 563. The molecule has 0 amide bonds. The van der Waals surface area contributed by atoms with Gasteiger partial charge in [0.25, 0.3) is 10.1 Å². The predicted octanol–water partition coefficient (Wildman–Crippen LogP) is -2.72. The van der Waals surface area contributed by atoms with E-state index in [0.717, 1.165) is 6.07 Å². The Labute approximate surface area is 99.7 Å². The summed E-state index contributed by atoms with van der Waals surface area (Å²) >= 11 is 0. The van der Waals surface area contributed by atoms with Gasteiger partial charge in [0.05, 0.1) is 16.8 Å². The molecule has 86 valence electrons. The summed E-state index contributed by atoms with van der Waals surface area (Å²) in [6, 6.07) is 1.92. The molecule has 0 aliphatic rings. The zero-order valence-corrected chi connectivity index (χ0v) is 9.06. The van der Waals surface area contributed by atoms with Crippen LogP contribution in [0.15, 0.2) is 23.1 Å². The Balaban J connectivity index is 0.00000256. The predicted molar refractivity (Wildman–Crippen MR) is 50.7 cm³/mol. The standard InChI is InChI=1S/C8H6O7S.Be/c9-7(10)5-2-1-4(16(13,14)15)3-6(5)8(11)12;/h1-3H,(H,9,10)(H,11,12)(H,13,14,15);/q;+2/p-2. The minimum atomic E-state index is -4.61. The van der Waals surface area contributed by atoms with Crippen molar-refractivity contribution in [1.29, 1.82) is 0 Å². The second-order valence-corrected chi connectivity index (χ2v) is 4.18. The zero-order chi connectivity index (χ0) is 12.5. The van der Waals surface area contributed by atoms with Crippen LogP contribution in [-0.2, 0) is 10.1 Å². The molecule has 1 N–H and O–H groups in total. The van der Waals surface area contributed by atoms with E-state index in [1.807, 2.05) is 0 Å². The summed E-state index contributed by atoms with van der Waals surface area (Å²) in [5.74, 6) is -3.68. The molecule has 9 heteroatoms. The van der Waals surface area contributed by atoms with Crippen molar-refractivity contribution in [3.05, 3.63) is 29.3 Å². The second kappa shape index (κ2) is 5.05. The van der Waals surface area contributed by atoms with Gasteiger partial charge in [0.1, 0.15) is 0 Å². The Morgan fingerprint density at radius 2 is 1.53 bits per heavy atom. The van der Waals surface area contributed by atoms with Gasteiger partial charge in [-0.3, -0.25) is 4.55 Å². The average Bonchev–Trinajstić information content (AvgIpc) is 2.15. The van der Waals surface area contributed by atoms with Gasteiger partial charge in [-0.15, -0.1) is 0 Å². The number of carboxylic acids is 2. The van der Waals surface area contributed by atoms with Crippen LogP contribution in [0.5, 0.6) is 0 Å². The van der Waals surface area contributed by atoms with Gasteiger partial charge in [-0.1, -0.05) is 6.07 Å². The molecule has 0 radical (unpaired) electrons. The third kappa shape index (κ3) is 3.35. The van der Waals surface area contributed by atoms with Crippen molar-refractivity contribution in [2.75, 3.05) is 0 Å². The molecule has 0 spiro atoms. The smallest absolute Gasteiger partial charge is 0.545 e. The van der Waals surface area contributed by atoms with Crippen LogP contribution in [0.3, 0.4) is 0 Å². The molecular weight excluding hydrogens is 249 g/mol. The van der Waals surface area contributed by atoms with Crippen molar-refractivity contribution in [2.45, 2.75) is 4.90 Å². The van der Waals surface area contributed by atoms with E-state index in [9.17, 15) is 28.2 Å². The molecule has 0 unspecified atom stereocenters. The number of carboxylic acid groups (broad SMARTS) is 2. The first-order valence-corrected chi connectivity index (χ1v) is 5.21. The average molecular weight is 253 g/mol. The first-order valence-electron chi connectivity index (χ1n) is 3.77. The fourth-order valence-corrected chi connectivity index (χ4v) is 1.54. The first-order chi connectivity index (χ1) is 7.23. The molecule has 0 saturated heterocycles. The molecule has 0 atom stereocenters. The summed E-state index contributed by atoms with van der Waals surface area (Å²) in [6.07, 6.45) is 0. The molecule has 0 aromatic heterocycles. The molecule has 0 heterocycles. The molecule has 0 bridgehead atoms. The largest absolute Gasteiger partial charge is 2.00 e. The monoisotopic (exact) mass is 253 g/mol. The van der Waals surface area contributed by atoms with E-state index < -0.39 is 38.1 Å². The minimum absolute atomic E-state index is 0. The molecular formula is C8H4BeO7S. The van der Waals surface area contributed by atoms with Gasteiger partial charge in [0.15, 0.2) is 0 Å². The van der Waals surface area contributed by atoms with Gasteiger partial charge in [-0.05, 0) is 12.1 Å². The normalized spacial score (nSPS) is 10.4. The zero-order valence-electron chi connectivity index (χ0n) is 8.24. The van der Waals surface area contributed by atoms with Crippen molar-refractivity contribution in [1.82, 2.24) is 0 Å². The number of carbonyl (C=O) groups excluding carboxylic acids is 2. The van der Waals surface area contributed by atoms with Crippen LogP contribution in [0.25, 0.3) is 0 Å². The molecule has 0 fully saturated rings. The Hall–Kier alpha value is -1.76. The maximum absolute atomic E-state index is 10.7. The third-order valence-electron chi connectivity index (χ3n) is 1.73. The van der Waals surface area contributed by atoms with E-state index in [4.69, 9.17) is 4.55 Å². The molecule has 0 aliphatic heterocycles. The maximum Gasteiger partial charge on any atom is 2.00 e. The van der Waals surface area contributed by atoms with Crippen LogP contribution in [0.4, 0.5) is 0 Å². The van der Waals surface area contributed by atoms with Crippen LogP contribution >= 0.6 is 0 Å². The summed E-state index contributed by atoms with van der Waals surface area (Å²) in [6.45, 7) is 0. The first kappa shape index (κ1) is 15.2. The SMILES string of the molecule is O=C([O-])c1ccc(S(=O)(=O)O)cc1C(=O)[O-].[Be+2]. The number of rotatable bonds is 3. The summed E-state index contributed by atoms with van der Waals surface area (Å²) in [5.41, 5.74) is -1.61.